The molecule has 1 aliphatic heterocycles. The maximum atomic E-state index is 12.8. The minimum absolute atomic E-state index is 0. The lowest BCUT2D eigenvalue weighted by Gasteiger charge is -2.21. The number of phenols is 1. The van der Waals surface area contributed by atoms with Crippen LogP contribution in [0.2, 0.25) is 0 Å². The van der Waals surface area contributed by atoms with Gasteiger partial charge in [0.05, 0.1) is 5.56 Å². The number of hydrogen-bond donors (Lipinski definition) is 2. The van der Waals surface area contributed by atoms with E-state index in [4.69, 9.17) is 0 Å². The second kappa shape index (κ2) is 6.12. The lowest BCUT2D eigenvalue weighted by molar-refractivity contribution is 0.0892. The van der Waals surface area contributed by atoms with Gasteiger partial charge < -0.3 is 10.4 Å². The average molecular weight is 304 g/mol. The summed E-state index contributed by atoms with van der Waals surface area (Å²) in [7, 11) is 0. The Kier molecular flexibility index (Phi) is 5.08. The van der Waals surface area contributed by atoms with Crippen LogP contribution in [-0.2, 0) is 0 Å². The molecule has 1 aliphatic rings. The van der Waals surface area contributed by atoms with E-state index in [1.807, 2.05) is 0 Å². The summed E-state index contributed by atoms with van der Waals surface area (Å²) in [6.45, 7) is 1.64. The van der Waals surface area contributed by atoms with Crippen molar-refractivity contribution < 1.29 is 14.3 Å². The minimum Gasteiger partial charge on any atom is -0.507 e. The highest BCUT2D eigenvalue weighted by atomic mass is 79.9. The van der Waals surface area contributed by atoms with Crippen molar-refractivity contribution in [1.29, 1.82) is 0 Å². The number of aromatic hydroxyl groups is 1. The first-order chi connectivity index (χ1) is 7.68. The lowest BCUT2D eigenvalue weighted by Crippen LogP contribution is -2.31. The third-order valence-electron chi connectivity index (χ3n) is 2.94. The quantitative estimate of drug-likeness (QED) is 0.824. The summed E-state index contributed by atoms with van der Waals surface area (Å²) >= 11 is 0. The summed E-state index contributed by atoms with van der Waals surface area (Å²) in [5.74, 6) is -0.931. The second-order valence-electron chi connectivity index (χ2n) is 4.05. The van der Waals surface area contributed by atoms with Crippen molar-refractivity contribution in [3.8, 4) is 5.75 Å². The van der Waals surface area contributed by atoms with Gasteiger partial charge >= 0.3 is 0 Å². The van der Waals surface area contributed by atoms with Gasteiger partial charge in [0.25, 0.3) is 0 Å². The number of Topliss-reactive ketones (excluding diaryl/α,β-unsaturated/α-hetero) is 1. The largest absolute Gasteiger partial charge is 0.507 e. The molecule has 94 valence electrons. The first-order valence-electron chi connectivity index (χ1n) is 5.42. The molecule has 0 atom stereocenters. The Hall–Kier alpha value is -0.940. The molecule has 1 saturated heterocycles. The number of benzene rings is 1. The normalized spacial score (nSPS) is 16.3. The molecule has 0 radical (unpaired) electrons. The molecular weight excluding hydrogens is 289 g/mol. The Morgan fingerprint density at radius 1 is 1.35 bits per heavy atom. The van der Waals surface area contributed by atoms with Gasteiger partial charge in [-0.05, 0) is 38.1 Å². The molecule has 3 nitrogen and oxygen atoms in total. The molecule has 0 aliphatic carbocycles. The van der Waals surface area contributed by atoms with Crippen molar-refractivity contribution in [2.24, 2.45) is 5.92 Å². The van der Waals surface area contributed by atoms with E-state index in [-0.39, 0.29) is 40.0 Å². The minimum atomic E-state index is -0.528. The standard InChI is InChI=1S/C12H14FNO2.BrH/c13-9-1-2-10(11(15)7-9)12(16)8-3-5-14-6-4-8;/h1-2,7-8,14-15H,3-6H2;1H. The Labute approximate surface area is 110 Å². The van der Waals surface area contributed by atoms with Gasteiger partial charge in [-0.2, -0.15) is 0 Å². The van der Waals surface area contributed by atoms with Crippen molar-refractivity contribution in [3.05, 3.63) is 29.6 Å². The number of rotatable bonds is 2. The average Bonchev–Trinajstić information content (AvgIpc) is 2.29. The Balaban J connectivity index is 0.00000144. The highest BCUT2D eigenvalue weighted by molar-refractivity contribution is 8.93. The molecule has 2 rings (SSSR count). The smallest absolute Gasteiger partial charge is 0.169 e. The molecule has 1 aromatic carbocycles. The van der Waals surface area contributed by atoms with Crippen LogP contribution < -0.4 is 5.32 Å². The second-order valence-corrected chi connectivity index (χ2v) is 4.05. The third kappa shape index (κ3) is 3.26. The van der Waals surface area contributed by atoms with Gasteiger partial charge in [-0.25, -0.2) is 4.39 Å². The predicted molar refractivity (Wildman–Crippen MR) is 68.3 cm³/mol. The molecule has 0 unspecified atom stereocenters. The van der Waals surface area contributed by atoms with Crippen molar-refractivity contribution in [2.45, 2.75) is 12.8 Å². The predicted octanol–water partition coefficient (Wildman–Crippen LogP) is 2.29. The van der Waals surface area contributed by atoms with Crippen LogP contribution in [0.15, 0.2) is 18.2 Å². The van der Waals surface area contributed by atoms with E-state index >= 15 is 0 Å². The molecule has 0 bridgehead atoms. The molecule has 5 heteroatoms. The van der Waals surface area contributed by atoms with E-state index in [1.54, 1.807) is 0 Å². The molecule has 1 heterocycles. The monoisotopic (exact) mass is 303 g/mol. The molecular formula is C12H15BrFNO2. The van der Waals surface area contributed by atoms with Gasteiger partial charge in [0.1, 0.15) is 11.6 Å². The van der Waals surface area contributed by atoms with Crippen molar-refractivity contribution in [2.75, 3.05) is 13.1 Å². The lowest BCUT2D eigenvalue weighted by atomic mass is 9.89. The fourth-order valence-corrected chi connectivity index (χ4v) is 2.02. The van der Waals surface area contributed by atoms with E-state index in [1.165, 1.54) is 12.1 Å². The summed E-state index contributed by atoms with van der Waals surface area (Å²) < 4.78 is 12.8. The maximum absolute atomic E-state index is 12.8. The van der Waals surface area contributed by atoms with Crippen molar-refractivity contribution in [3.63, 3.8) is 0 Å². The van der Waals surface area contributed by atoms with E-state index in [0.717, 1.165) is 32.0 Å². The number of phenolic OH excluding ortho intramolecular Hbond substituents is 1. The molecule has 0 aromatic heterocycles. The zero-order valence-electron chi connectivity index (χ0n) is 9.28. The first-order valence-corrected chi connectivity index (χ1v) is 5.42. The number of carbonyl (C=O) groups is 1. The Morgan fingerprint density at radius 2 is 2.00 bits per heavy atom. The van der Waals surface area contributed by atoms with Gasteiger partial charge in [0, 0.05) is 12.0 Å². The zero-order chi connectivity index (χ0) is 11.5. The SMILES string of the molecule is Br.O=C(c1ccc(F)cc1O)C1CCNCC1. The Morgan fingerprint density at radius 3 is 2.59 bits per heavy atom. The van der Waals surface area contributed by atoms with E-state index in [9.17, 15) is 14.3 Å². The molecule has 1 fully saturated rings. The van der Waals surface area contributed by atoms with Gasteiger partial charge in [-0.1, -0.05) is 0 Å². The number of carbonyl (C=O) groups excluding carboxylic acids is 1. The van der Waals surface area contributed by atoms with Crippen LogP contribution in [0.1, 0.15) is 23.2 Å². The van der Waals surface area contributed by atoms with Crippen LogP contribution in [0, 0.1) is 11.7 Å². The fraction of sp³-hybridized carbons (Fsp3) is 0.417. The van der Waals surface area contributed by atoms with Gasteiger partial charge in [-0.15, -0.1) is 17.0 Å². The summed E-state index contributed by atoms with van der Waals surface area (Å²) in [4.78, 5) is 12.0. The number of halogens is 2. The maximum Gasteiger partial charge on any atom is 0.169 e. The van der Waals surface area contributed by atoms with Crippen LogP contribution in [0.25, 0.3) is 0 Å². The third-order valence-corrected chi connectivity index (χ3v) is 2.94. The number of piperidine rings is 1. The highest BCUT2D eigenvalue weighted by Gasteiger charge is 2.24. The topological polar surface area (TPSA) is 49.3 Å². The molecule has 0 saturated carbocycles. The van der Waals surface area contributed by atoms with Crippen LogP contribution in [0.3, 0.4) is 0 Å². The number of ketones is 1. The van der Waals surface area contributed by atoms with Crippen molar-refractivity contribution >= 4 is 22.8 Å². The number of nitrogens with one attached hydrogen (secondary N) is 1. The first kappa shape index (κ1) is 14.1. The molecule has 17 heavy (non-hydrogen) atoms. The zero-order valence-corrected chi connectivity index (χ0v) is 11.0. The van der Waals surface area contributed by atoms with E-state index < -0.39 is 5.82 Å². The van der Waals surface area contributed by atoms with Crippen LogP contribution >= 0.6 is 17.0 Å². The summed E-state index contributed by atoms with van der Waals surface area (Å²) in [6.07, 6.45) is 1.55. The van der Waals surface area contributed by atoms with E-state index in [2.05, 4.69) is 5.32 Å². The van der Waals surface area contributed by atoms with Crippen LogP contribution in [0.4, 0.5) is 4.39 Å². The fourth-order valence-electron chi connectivity index (χ4n) is 2.02. The molecule has 0 amide bonds. The number of hydrogen-bond acceptors (Lipinski definition) is 3. The summed E-state index contributed by atoms with van der Waals surface area (Å²) in [5.41, 5.74) is 0.230. The van der Waals surface area contributed by atoms with Crippen molar-refractivity contribution in [1.82, 2.24) is 5.32 Å². The molecule has 0 spiro atoms. The highest BCUT2D eigenvalue weighted by Crippen LogP contribution is 2.25. The van der Waals surface area contributed by atoms with Gasteiger partial charge in [-0.3, -0.25) is 4.79 Å². The summed E-state index contributed by atoms with van der Waals surface area (Å²) in [6, 6.07) is 3.54. The van der Waals surface area contributed by atoms with Gasteiger partial charge in [0.2, 0.25) is 0 Å². The van der Waals surface area contributed by atoms with Crippen LogP contribution in [-0.4, -0.2) is 24.0 Å². The van der Waals surface area contributed by atoms with Crippen LogP contribution in [0.5, 0.6) is 5.75 Å². The summed E-state index contributed by atoms with van der Waals surface area (Å²) in [5, 5.41) is 12.7. The molecule has 2 N–H and O–H groups in total. The molecule has 1 aromatic rings. The van der Waals surface area contributed by atoms with Gasteiger partial charge in [0.15, 0.2) is 5.78 Å². The van der Waals surface area contributed by atoms with E-state index in [0.29, 0.717) is 0 Å². The Bertz CT molecular complexity index is 405.